The molecule has 0 spiro atoms. The van der Waals surface area contributed by atoms with Crippen molar-refractivity contribution >= 4 is 57.5 Å². The van der Waals surface area contributed by atoms with Crippen molar-refractivity contribution in [1.29, 1.82) is 0 Å². The smallest absolute Gasteiger partial charge is 0.341 e. The first-order valence-electron chi connectivity index (χ1n) is 7.77. The summed E-state index contributed by atoms with van der Waals surface area (Å²) in [5.74, 6) is -1.29. The maximum absolute atomic E-state index is 12.3. The SMILES string of the molecule is CCCCn1c(C)c(C(C)=O)c2c(OCC(=O)O)c(Cl)c(Cl)c(Cl)c21. The van der Waals surface area contributed by atoms with E-state index in [0.717, 1.165) is 18.5 Å². The molecule has 1 heterocycles. The maximum atomic E-state index is 12.3. The van der Waals surface area contributed by atoms with E-state index in [1.165, 1.54) is 6.92 Å². The quantitative estimate of drug-likeness (QED) is 0.495. The number of hydrogen-bond donors (Lipinski definition) is 1. The number of nitrogens with zero attached hydrogens (tertiary/aromatic N) is 1. The Morgan fingerprint density at radius 2 is 1.80 bits per heavy atom. The van der Waals surface area contributed by atoms with Crippen molar-refractivity contribution in [3.05, 3.63) is 26.3 Å². The summed E-state index contributed by atoms with van der Waals surface area (Å²) < 4.78 is 7.28. The number of unbranched alkanes of at least 4 members (excludes halogenated alkanes) is 1. The third-order valence-electron chi connectivity index (χ3n) is 3.97. The molecule has 136 valence electrons. The number of fused-ring (bicyclic) bond motifs is 1. The molecule has 1 aromatic heterocycles. The molecule has 8 heteroatoms. The monoisotopic (exact) mass is 405 g/mol. The number of Topliss-reactive ketones (excluding diaryl/α,β-unsaturated/α-hetero) is 1. The lowest BCUT2D eigenvalue weighted by molar-refractivity contribution is -0.139. The Hall–Kier alpha value is -1.43. The molecule has 0 bridgehead atoms. The highest BCUT2D eigenvalue weighted by Crippen LogP contribution is 2.48. The van der Waals surface area contributed by atoms with Crippen molar-refractivity contribution in [2.75, 3.05) is 6.61 Å². The van der Waals surface area contributed by atoms with Crippen LogP contribution >= 0.6 is 34.8 Å². The third-order valence-corrected chi connectivity index (χ3v) is 5.27. The molecule has 0 amide bonds. The fraction of sp³-hybridized carbons (Fsp3) is 0.412. The van der Waals surface area contributed by atoms with Gasteiger partial charge in [-0.3, -0.25) is 4.79 Å². The highest BCUT2D eigenvalue weighted by Gasteiger charge is 2.27. The number of halogens is 3. The number of benzene rings is 1. The molecule has 0 atom stereocenters. The van der Waals surface area contributed by atoms with Crippen molar-refractivity contribution in [2.45, 2.75) is 40.2 Å². The van der Waals surface area contributed by atoms with Gasteiger partial charge in [-0.1, -0.05) is 48.1 Å². The number of ketones is 1. The lowest BCUT2D eigenvalue weighted by Gasteiger charge is -2.13. The van der Waals surface area contributed by atoms with Gasteiger partial charge in [0.2, 0.25) is 0 Å². The number of carboxylic acids is 1. The topological polar surface area (TPSA) is 68.5 Å². The summed E-state index contributed by atoms with van der Waals surface area (Å²) in [5, 5.41) is 9.61. The molecule has 1 N–H and O–H groups in total. The van der Waals surface area contributed by atoms with Crippen LogP contribution in [0, 0.1) is 6.92 Å². The summed E-state index contributed by atoms with van der Waals surface area (Å²) in [6.45, 7) is 5.33. The number of aromatic nitrogens is 1. The molecule has 1 aromatic carbocycles. The molecule has 0 saturated carbocycles. The summed E-state index contributed by atoms with van der Waals surface area (Å²) in [6, 6.07) is 0. The van der Waals surface area contributed by atoms with Crippen LogP contribution in [0.15, 0.2) is 0 Å². The van der Waals surface area contributed by atoms with Crippen molar-refractivity contribution in [2.24, 2.45) is 0 Å². The van der Waals surface area contributed by atoms with Crippen LogP contribution in [-0.4, -0.2) is 28.0 Å². The van der Waals surface area contributed by atoms with Gasteiger partial charge in [-0.05, 0) is 20.3 Å². The average Bonchev–Trinajstić information content (AvgIpc) is 2.83. The first-order chi connectivity index (χ1) is 11.7. The zero-order valence-corrected chi connectivity index (χ0v) is 16.3. The van der Waals surface area contributed by atoms with Crippen LogP contribution < -0.4 is 4.74 Å². The van der Waals surface area contributed by atoms with E-state index < -0.39 is 12.6 Å². The molecule has 2 aromatic rings. The van der Waals surface area contributed by atoms with Gasteiger partial charge in [-0.2, -0.15) is 0 Å². The van der Waals surface area contributed by atoms with Crippen molar-refractivity contribution in [3.63, 3.8) is 0 Å². The number of aliphatic carboxylic acids is 1. The van der Waals surface area contributed by atoms with E-state index in [-0.39, 0.29) is 26.6 Å². The van der Waals surface area contributed by atoms with Crippen LogP contribution in [0.2, 0.25) is 15.1 Å². The Kier molecular flexibility index (Phi) is 6.25. The molecule has 0 radical (unpaired) electrons. The van der Waals surface area contributed by atoms with Gasteiger partial charge in [0, 0.05) is 17.8 Å². The average molecular weight is 407 g/mol. The lowest BCUT2D eigenvalue weighted by atomic mass is 10.1. The van der Waals surface area contributed by atoms with Crippen LogP contribution in [-0.2, 0) is 11.3 Å². The van der Waals surface area contributed by atoms with E-state index >= 15 is 0 Å². The predicted molar refractivity (Wildman–Crippen MR) is 99.7 cm³/mol. The standard InChI is InChI=1S/C17H18Cl3NO4/c1-4-5-6-21-8(2)11(9(3)22)12-16(21)14(19)13(18)15(20)17(12)25-7-10(23)24/h4-7H2,1-3H3,(H,23,24). The molecule has 0 aliphatic carbocycles. The van der Waals surface area contributed by atoms with Crippen LogP contribution in [0.25, 0.3) is 10.9 Å². The Bertz CT molecular complexity index is 858. The Balaban J connectivity index is 2.91. The molecule has 2 rings (SSSR count). The van der Waals surface area contributed by atoms with Gasteiger partial charge in [0.15, 0.2) is 18.1 Å². The van der Waals surface area contributed by atoms with E-state index in [9.17, 15) is 9.59 Å². The van der Waals surface area contributed by atoms with E-state index in [1.54, 1.807) is 0 Å². The number of rotatable bonds is 7. The highest BCUT2D eigenvalue weighted by molar-refractivity contribution is 6.51. The fourth-order valence-corrected chi connectivity index (χ4v) is 3.65. The van der Waals surface area contributed by atoms with Gasteiger partial charge in [-0.25, -0.2) is 4.79 Å². The summed E-state index contributed by atoms with van der Waals surface area (Å²) in [7, 11) is 0. The van der Waals surface area contributed by atoms with Gasteiger partial charge >= 0.3 is 5.97 Å². The van der Waals surface area contributed by atoms with Gasteiger partial charge in [0.05, 0.1) is 20.9 Å². The van der Waals surface area contributed by atoms with Crippen molar-refractivity contribution in [3.8, 4) is 5.75 Å². The molecule has 25 heavy (non-hydrogen) atoms. The van der Waals surface area contributed by atoms with Gasteiger partial charge in [0.1, 0.15) is 5.02 Å². The number of aryl methyl sites for hydroxylation is 1. The summed E-state index contributed by atoms with van der Waals surface area (Å²) >= 11 is 18.9. The van der Waals surface area contributed by atoms with Gasteiger partial charge in [0.25, 0.3) is 0 Å². The molecule has 0 aliphatic heterocycles. The lowest BCUT2D eigenvalue weighted by Crippen LogP contribution is -2.10. The zero-order valence-electron chi connectivity index (χ0n) is 14.1. The van der Waals surface area contributed by atoms with Crippen molar-refractivity contribution in [1.82, 2.24) is 4.57 Å². The van der Waals surface area contributed by atoms with Crippen LogP contribution in [0.5, 0.6) is 5.75 Å². The highest BCUT2D eigenvalue weighted by atomic mass is 35.5. The third kappa shape index (κ3) is 3.59. The van der Waals surface area contributed by atoms with Crippen LogP contribution in [0.3, 0.4) is 0 Å². The molecule has 0 aliphatic rings. The minimum absolute atomic E-state index is 0.00411. The first kappa shape index (κ1) is 19.9. The van der Waals surface area contributed by atoms with E-state index in [4.69, 9.17) is 44.6 Å². The van der Waals surface area contributed by atoms with Crippen molar-refractivity contribution < 1.29 is 19.4 Å². The maximum Gasteiger partial charge on any atom is 0.341 e. The van der Waals surface area contributed by atoms with Crippen LogP contribution in [0.4, 0.5) is 0 Å². The largest absolute Gasteiger partial charge is 0.480 e. The van der Waals surface area contributed by atoms with Gasteiger partial charge in [-0.15, -0.1) is 0 Å². The molecule has 0 unspecified atom stereocenters. The second kappa shape index (κ2) is 7.85. The Morgan fingerprint density at radius 3 is 2.32 bits per heavy atom. The van der Waals surface area contributed by atoms with Gasteiger partial charge < -0.3 is 14.4 Å². The summed E-state index contributed by atoms with van der Waals surface area (Å²) in [5.41, 5.74) is 1.66. The minimum atomic E-state index is -1.16. The number of ether oxygens (including phenoxy) is 1. The predicted octanol–water partition coefficient (Wildman–Crippen LogP) is 5.38. The number of carboxylic acid groups (broad SMARTS) is 1. The zero-order chi connectivity index (χ0) is 18.9. The van der Waals surface area contributed by atoms with Crippen LogP contribution in [0.1, 0.15) is 42.7 Å². The second-order valence-corrected chi connectivity index (χ2v) is 6.83. The minimum Gasteiger partial charge on any atom is -0.480 e. The Morgan fingerprint density at radius 1 is 1.16 bits per heavy atom. The summed E-state index contributed by atoms with van der Waals surface area (Å²) in [6.07, 6.45) is 1.83. The van der Waals surface area contributed by atoms with E-state index in [0.29, 0.717) is 23.0 Å². The molecule has 5 nitrogen and oxygen atoms in total. The second-order valence-electron chi connectivity index (χ2n) is 5.70. The number of hydrogen-bond acceptors (Lipinski definition) is 3. The summed E-state index contributed by atoms with van der Waals surface area (Å²) in [4.78, 5) is 23.2. The van der Waals surface area contributed by atoms with E-state index in [1.807, 2.05) is 11.5 Å². The fourth-order valence-electron chi connectivity index (χ4n) is 2.89. The number of carbonyl (C=O) groups excluding carboxylic acids is 1. The number of carbonyl (C=O) groups is 2. The molecular formula is C17H18Cl3NO4. The molecule has 0 fully saturated rings. The first-order valence-corrected chi connectivity index (χ1v) is 8.90. The molecule has 0 saturated heterocycles. The normalized spacial score (nSPS) is 11.1. The Labute approximate surface area is 160 Å². The van der Waals surface area contributed by atoms with E-state index in [2.05, 4.69) is 6.92 Å². The molecular weight excluding hydrogens is 389 g/mol.